The van der Waals surface area contributed by atoms with Gasteiger partial charge in [0, 0.05) is 35.8 Å². The average molecular weight is 357 g/mol. The maximum atomic E-state index is 12.8. The first-order valence-electron chi connectivity index (χ1n) is 8.71. The van der Waals surface area contributed by atoms with Crippen LogP contribution in [0.15, 0.2) is 30.5 Å². The van der Waals surface area contributed by atoms with Crippen molar-refractivity contribution in [2.45, 2.75) is 31.8 Å². The van der Waals surface area contributed by atoms with Crippen LogP contribution in [0.4, 0.5) is 5.69 Å². The number of rotatable bonds is 4. The molecule has 136 valence electrons. The van der Waals surface area contributed by atoms with Crippen molar-refractivity contribution in [1.82, 2.24) is 9.47 Å². The van der Waals surface area contributed by atoms with E-state index in [0.717, 1.165) is 24.8 Å². The molecule has 1 aliphatic heterocycles. The predicted molar refractivity (Wildman–Crippen MR) is 92.6 cm³/mol. The largest absolute Gasteiger partial charge is 0.480 e. The second-order valence-corrected chi connectivity index (χ2v) is 7.13. The van der Waals surface area contributed by atoms with Gasteiger partial charge in [0.1, 0.15) is 12.6 Å². The number of hydrogen-bond acceptors (Lipinski definition) is 4. The molecule has 1 N–H and O–H groups in total. The number of nitrogens with zero attached hydrogens (tertiary/aromatic N) is 3. The van der Waals surface area contributed by atoms with Crippen molar-refractivity contribution in [3.63, 3.8) is 0 Å². The van der Waals surface area contributed by atoms with Crippen LogP contribution >= 0.6 is 0 Å². The minimum Gasteiger partial charge on any atom is -0.480 e. The zero-order valence-electron chi connectivity index (χ0n) is 14.1. The summed E-state index contributed by atoms with van der Waals surface area (Å²) in [5.74, 6) is -0.812. The van der Waals surface area contributed by atoms with Crippen LogP contribution in [0.25, 0.3) is 10.9 Å². The van der Waals surface area contributed by atoms with Crippen LogP contribution in [-0.2, 0) is 16.1 Å². The topological polar surface area (TPSA) is 106 Å². The van der Waals surface area contributed by atoms with E-state index in [2.05, 4.69) is 0 Å². The molecule has 1 aliphatic carbocycles. The molecule has 1 saturated heterocycles. The predicted octanol–water partition coefficient (Wildman–Crippen LogP) is 2.26. The van der Waals surface area contributed by atoms with Gasteiger partial charge in [-0.25, -0.2) is 4.79 Å². The van der Waals surface area contributed by atoms with Crippen molar-refractivity contribution in [3.05, 3.63) is 40.6 Å². The third kappa shape index (κ3) is 2.61. The number of carbonyl (C=O) groups is 2. The second-order valence-electron chi connectivity index (χ2n) is 7.13. The number of nitro benzene ring substituents is 1. The number of aliphatic carboxylic acids is 1. The maximum Gasteiger partial charge on any atom is 0.326 e. The molecule has 2 heterocycles. The second kappa shape index (κ2) is 6.12. The van der Waals surface area contributed by atoms with Crippen LogP contribution in [0.3, 0.4) is 0 Å². The molecule has 8 nitrogen and oxygen atoms in total. The summed E-state index contributed by atoms with van der Waals surface area (Å²) in [4.78, 5) is 36.5. The summed E-state index contributed by atoms with van der Waals surface area (Å²) in [6, 6.07) is 5.48. The van der Waals surface area contributed by atoms with Gasteiger partial charge in [0.05, 0.1) is 4.92 Å². The van der Waals surface area contributed by atoms with Gasteiger partial charge in [0.25, 0.3) is 5.69 Å². The molecular weight excluding hydrogens is 338 g/mol. The van der Waals surface area contributed by atoms with Gasteiger partial charge in [-0.15, -0.1) is 0 Å². The fourth-order valence-corrected chi connectivity index (χ4v) is 4.55. The molecule has 4 rings (SSSR count). The first-order chi connectivity index (χ1) is 12.5. The summed E-state index contributed by atoms with van der Waals surface area (Å²) < 4.78 is 1.72. The summed E-state index contributed by atoms with van der Waals surface area (Å²) in [5.41, 5.74) is 0.718. The van der Waals surface area contributed by atoms with E-state index < -0.39 is 16.9 Å². The fraction of sp³-hybridized carbons (Fsp3) is 0.444. The number of nitro groups is 1. The minimum absolute atomic E-state index is 0.000106. The van der Waals surface area contributed by atoms with Crippen LogP contribution in [0.1, 0.15) is 19.3 Å². The van der Waals surface area contributed by atoms with Crippen molar-refractivity contribution >= 4 is 28.5 Å². The SMILES string of the molecule is O=C(O)C1C2CCCC2CN1C(=O)Cn1ccc2cc([N+](=O)[O-])ccc21. The van der Waals surface area contributed by atoms with E-state index in [4.69, 9.17) is 0 Å². The smallest absolute Gasteiger partial charge is 0.326 e. The third-order valence-corrected chi connectivity index (χ3v) is 5.73. The molecule has 1 aromatic carbocycles. The molecule has 0 radical (unpaired) electrons. The van der Waals surface area contributed by atoms with Crippen molar-refractivity contribution in [3.8, 4) is 0 Å². The Labute approximate surface area is 149 Å². The fourth-order valence-electron chi connectivity index (χ4n) is 4.55. The van der Waals surface area contributed by atoms with Crippen molar-refractivity contribution in [1.29, 1.82) is 0 Å². The summed E-state index contributed by atoms with van der Waals surface area (Å²) >= 11 is 0. The van der Waals surface area contributed by atoms with Crippen molar-refractivity contribution in [2.75, 3.05) is 6.54 Å². The Kier molecular flexibility index (Phi) is 3.90. The highest BCUT2D eigenvalue weighted by molar-refractivity contribution is 5.87. The van der Waals surface area contributed by atoms with Gasteiger partial charge >= 0.3 is 5.97 Å². The van der Waals surface area contributed by atoms with Gasteiger partial charge in [-0.3, -0.25) is 14.9 Å². The molecule has 2 aromatic rings. The first kappa shape index (κ1) is 16.6. The lowest BCUT2D eigenvalue weighted by Crippen LogP contribution is -2.44. The third-order valence-electron chi connectivity index (χ3n) is 5.73. The number of non-ortho nitro benzene ring substituents is 1. The summed E-state index contributed by atoms with van der Waals surface area (Å²) in [5, 5.41) is 21.2. The molecule has 0 bridgehead atoms. The van der Waals surface area contributed by atoms with E-state index in [9.17, 15) is 24.8 Å². The molecule has 1 aromatic heterocycles. The zero-order chi connectivity index (χ0) is 18.4. The lowest BCUT2D eigenvalue weighted by Gasteiger charge is -2.24. The molecular formula is C18H19N3O5. The molecule has 3 unspecified atom stereocenters. The number of carboxylic acids is 1. The van der Waals surface area contributed by atoms with Crippen LogP contribution in [0, 0.1) is 22.0 Å². The Morgan fingerprint density at radius 1 is 1.27 bits per heavy atom. The van der Waals surface area contributed by atoms with Gasteiger partial charge in [-0.1, -0.05) is 6.42 Å². The molecule has 1 saturated carbocycles. The highest BCUT2D eigenvalue weighted by atomic mass is 16.6. The van der Waals surface area contributed by atoms with Crippen LogP contribution in [0.2, 0.25) is 0 Å². The van der Waals surface area contributed by atoms with Gasteiger partial charge < -0.3 is 14.6 Å². The quantitative estimate of drug-likeness (QED) is 0.667. The highest BCUT2D eigenvalue weighted by Crippen LogP contribution is 2.42. The Balaban J connectivity index is 1.57. The average Bonchev–Trinajstić information content (AvgIpc) is 3.27. The summed E-state index contributed by atoms with van der Waals surface area (Å²) in [6.45, 7) is 0.537. The number of carboxylic acid groups (broad SMARTS) is 1. The van der Waals surface area contributed by atoms with Crippen molar-refractivity contribution in [2.24, 2.45) is 11.8 Å². The molecule has 0 spiro atoms. The molecule has 26 heavy (non-hydrogen) atoms. The van der Waals surface area contributed by atoms with Crippen LogP contribution in [-0.4, -0.2) is 44.0 Å². The summed E-state index contributed by atoms with van der Waals surface area (Å²) in [6.07, 6.45) is 4.58. The van der Waals surface area contributed by atoms with Gasteiger partial charge in [-0.05, 0) is 36.8 Å². The van der Waals surface area contributed by atoms with Crippen LogP contribution in [0.5, 0.6) is 0 Å². The van der Waals surface area contributed by atoms with Crippen LogP contribution < -0.4 is 0 Å². The Bertz CT molecular complexity index is 905. The minimum atomic E-state index is -0.930. The van der Waals surface area contributed by atoms with E-state index in [-0.39, 0.29) is 30.0 Å². The molecule has 8 heteroatoms. The van der Waals surface area contributed by atoms with Gasteiger partial charge in [-0.2, -0.15) is 0 Å². The number of benzene rings is 1. The number of fused-ring (bicyclic) bond motifs is 2. The Hall–Kier alpha value is -2.90. The molecule has 3 atom stereocenters. The van der Waals surface area contributed by atoms with Crippen molar-refractivity contribution < 1.29 is 19.6 Å². The summed E-state index contributed by atoms with van der Waals surface area (Å²) in [7, 11) is 0. The molecule has 2 fully saturated rings. The highest BCUT2D eigenvalue weighted by Gasteiger charge is 2.49. The van der Waals surface area contributed by atoms with E-state index in [1.165, 1.54) is 17.0 Å². The monoisotopic (exact) mass is 357 g/mol. The molecule has 1 amide bonds. The first-order valence-corrected chi connectivity index (χ1v) is 8.71. The zero-order valence-corrected chi connectivity index (χ0v) is 14.1. The normalized spacial score (nSPS) is 24.8. The van der Waals surface area contributed by atoms with E-state index in [1.54, 1.807) is 22.9 Å². The van der Waals surface area contributed by atoms with Gasteiger partial charge in [0.15, 0.2) is 0 Å². The number of aromatic nitrogens is 1. The lowest BCUT2D eigenvalue weighted by molar-refractivity contribution is -0.384. The molecule has 2 aliphatic rings. The number of likely N-dealkylation sites (tertiary alicyclic amines) is 1. The Morgan fingerprint density at radius 2 is 2.08 bits per heavy atom. The van der Waals surface area contributed by atoms with Gasteiger partial charge in [0.2, 0.25) is 5.91 Å². The number of amides is 1. The lowest BCUT2D eigenvalue weighted by atomic mass is 9.94. The number of carbonyl (C=O) groups excluding carboxylic acids is 1. The standard InChI is InChI=1S/C18H19N3O5/c22-16(20-9-12-2-1-3-14(12)17(20)18(23)24)10-19-7-6-11-8-13(21(25)26)4-5-15(11)19/h4-8,12,14,17H,1-3,9-10H2,(H,23,24). The van der Waals surface area contributed by atoms with E-state index >= 15 is 0 Å². The number of hydrogen-bond donors (Lipinski definition) is 1. The Morgan fingerprint density at radius 3 is 2.81 bits per heavy atom. The van der Waals surface area contributed by atoms with E-state index in [1.807, 2.05) is 0 Å². The van der Waals surface area contributed by atoms with E-state index in [0.29, 0.717) is 11.9 Å². The maximum absolute atomic E-state index is 12.8.